The molecule has 3 rings (SSSR count). The summed E-state index contributed by atoms with van der Waals surface area (Å²) in [6, 6.07) is 16.7. The Labute approximate surface area is 176 Å². The van der Waals surface area contributed by atoms with Gasteiger partial charge in [0.15, 0.2) is 0 Å². The summed E-state index contributed by atoms with van der Waals surface area (Å²) in [6.45, 7) is 1.73. The summed E-state index contributed by atoms with van der Waals surface area (Å²) in [7, 11) is 3.21. The molecule has 0 aliphatic carbocycles. The second-order valence-corrected chi connectivity index (χ2v) is 7.70. The van der Waals surface area contributed by atoms with Crippen molar-refractivity contribution in [2.75, 3.05) is 20.7 Å². The first-order valence-electron chi connectivity index (χ1n) is 9.88. The monoisotopic (exact) mass is 409 g/mol. The average molecular weight is 409 g/mol. The summed E-state index contributed by atoms with van der Waals surface area (Å²) in [5, 5.41) is 2.76. The van der Waals surface area contributed by atoms with E-state index in [9.17, 15) is 14.4 Å². The zero-order valence-electron chi connectivity index (χ0n) is 17.6. The highest BCUT2D eigenvalue weighted by atomic mass is 16.5. The quantitative estimate of drug-likeness (QED) is 0.680. The molecule has 7 nitrogen and oxygen atoms in total. The van der Waals surface area contributed by atoms with Crippen molar-refractivity contribution in [1.29, 1.82) is 0 Å². The SMILES string of the molecule is COc1ccccc1CN(C)C(=O)CN1C(=O)N[C@](C)(CCc2ccccc2)C1=O. The van der Waals surface area contributed by atoms with Gasteiger partial charge in [-0.05, 0) is 31.4 Å². The van der Waals surface area contributed by atoms with Crippen LogP contribution in [-0.2, 0) is 22.6 Å². The molecule has 2 aromatic rings. The van der Waals surface area contributed by atoms with E-state index in [0.29, 0.717) is 25.1 Å². The van der Waals surface area contributed by atoms with E-state index in [-0.39, 0.29) is 18.4 Å². The molecule has 1 heterocycles. The number of rotatable bonds is 8. The number of hydrogen-bond donors (Lipinski definition) is 1. The lowest BCUT2D eigenvalue weighted by molar-refractivity contribution is -0.138. The van der Waals surface area contributed by atoms with Crippen LogP contribution in [0.1, 0.15) is 24.5 Å². The Morgan fingerprint density at radius 2 is 1.77 bits per heavy atom. The maximum Gasteiger partial charge on any atom is 0.325 e. The summed E-state index contributed by atoms with van der Waals surface area (Å²) in [6.07, 6.45) is 1.11. The number of imide groups is 1. The molecule has 30 heavy (non-hydrogen) atoms. The summed E-state index contributed by atoms with van der Waals surface area (Å²) >= 11 is 0. The number of carbonyl (C=O) groups excluding carboxylic acids is 3. The lowest BCUT2D eigenvalue weighted by Gasteiger charge is -2.23. The van der Waals surface area contributed by atoms with Gasteiger partial charge in [0.05, 0.1) is 7.11 Å². The highest BCUT2D eigenvalue weighted by molar-refractivity contribution is 6.08. The Morgan fingerprint density at radius 1 is 1.10 bits per heavy atom. The number of aryl methyl sites for hydroxylation is 1. The molecular weight excluding hydrogens is 382 g/mol. The third-order valence-corrected chi connectivity index (χ3v) is 5.42. The number of likely N-dealkylation sites (N-methyl/N-ethyl adjacent to an activating group) is 1. The van der Waals surface area contributed by atoms with Crippen molar-refractivity contribution in [1.82, 2.24) is 15.1 Å². The molecule has 0 aromatic heterocycles. The van der Waals surface area contributed by atoms with Crippen LogP contribution in [0.25, 0.3) is 0 Å². The van der Waals surface area contributed by atoms with Crippen molar-refractivity contribution in [3.63, 3.8) is 0 Å². The molecule has 1 aliphatic heterocycles. The van der Waals surface area contributed by atoms with Crippen LogP contribution in [0.2, 0.25) is 0 Å². The normalized spacial score (nSPS) is 18.3. The van der Waals surface area contributed by atoms with Gasteiger partial charge in [0, 0.05) is 19.2 Å². The molecule has 0 saturated carbocycles. The molecular formula is C23H27N3O4. The number of hydrogen-bond acceptors (Lipinski definition) is 4. The Balaban J connectivity index is 1.62. The number of ether oxygens (including phenoxy) is 1. The van der Waals surface area contributed by atoms with E-state index in [2.05, 4.69) is 5.32 Å². The minimum atomic E-state index is -1.02. The van der Waals surface area contributed by atoms with Gasteiger partial charge in [-0.3, -0.25) is 14.5 Å². The molecule has 158 valence electrons. The molecule has 1 aliphatic rings. The Kier molecular flexibility index (Phi) is 6.40. The molecule has 2 aromatic carbocycles. The smallest absolute Gasteiger partial charge is 0.325 e. The fraction of sp³-hybridized carbons (Fsp3) is 0.348. The van der Waals surface area contributed by atoms with Gasteiger partial charge >= 0.3 is 6.03 Å². The highest BCUT2D eigenvalue weighted by Crippen LogP contribution is 2.24. The second kappa shape index (κ2) is 8.98. The van der Waals surface area contributed by atoms with Crippen molar-refractivity contribution >= 4 is 17.8 Å². The number of amides is 4. The van der Waals surface area contributed by atoms with Gasteiger partial charge < -0.3 is 15.0 Å². The van der Waals surface area contributed by atoms with Crippen molar-refractivity contribution < 1.29 is 19.1 Å². The number of carbonyl (C=O) groups is 3. The lowest BCUT2D eigenvalue weighted by atomic mass is 9.93. The minimum absolute atomic E-state index is 0.294. The van der Waals surface area contributed by atoms with Gasteiger partial charge in [-0.25, -0.2) is 4.79 Å². The first-order chi connectivity index (χ1) is 14.3. The van der Waals surface area contributed by atoms with E-state index in [4.69, 9.17) is 4.74 Å². The van der Waals surface area contributed by atoms with Crippen LogP contribution >= 0.6 is 0 Å². The van der Waals surface area contributed by atoms with E-state index < -0.39 is 11.6 Å². The molecule has 0 bridgehead atoms. The van der Waals surface area contributed by atoms with Crippen molar-refractivity contribution in [2.45, 2.75) is 31.8 Å². The van der Waals surface area contributed by atoms with Gasteiger partial charge in [-0.2, -0.15) is 0 Å². The standard InChI is InChI=1S/C23H27N3O4/c1-23(14-13-17-9-5-4-6-10-17)21(28)26(22(29)24-23)16-20(27)25(2)15-18-11-7-8-12-19(18)30-3/h4-12H,13-16H2,1-3H3,(H,24,29)/t23-/m1/s1. The van der Waals surface area contributed by atoms with Gasteiger partial charge in [0.1, 0.15) is 17.8 Å². The molecule has 1 atom stereocenters. The second-order valence-electron chi connectivity index (χ2n) is 7.70. The molecule has 0 unspecified atom stereocenters. The molecule has 1 fully saturated rings. The van der Waals surface area contributed by atoms with Gasteiger partial charge in [-0.1, -0.05) is 48.5 Å². The van der Waals surface area contributed by atoms with Gasteiger partial charge in [0.25, 0.3) is 5.91 Å². The van der Waals surface area contributed by atoms with E-state index in [1.807, 2.05) is 54.6 Å². The van der Waals surface area contributed by atoms with Crippen LogP contribution in [0.3, 0.4) is 0 Å². The summed E-state index contributed by atoms with van der Waals surface area (Å²) in [5.41, 5.74) is 0.918. The number of methoxy groups -OCH3 is 1. The Bertz CT molecular complexity index is 931. The number of nitrogens with zero attached hydrogens (tertiary/aromatic N) is 2. The fourth-order valence-corrected chi connectivity index (χ4v) is 3.53. The van der Waals surface area contributed by atoms with E-state index in [1.165, 1.54) is 4.90 Å². The van der Waals surface area contributed by atoms with Gasteiger partial charge in [-0.15, -0.1) is 0 Å². The van der Waals surface area contributed by atoms with Crippen LogP contribution in [0, 0.1) is 0 Å². The first kappa shape index (κ1) is 21.4. The molecule has 0 spiro atoms. The van der Waals surface area contributed by atoms with E-state index >= 15 is 0 Å². The molecule has 0 radical (unpaired) electrons. The zero-order valence-corrected chi connectivity index (χ0v) is 17.6. The van der Waals surface area contributed by atoms with E-state index in [0.717, 1.165) is 16.0 Å². The van der Waals surface area contributed by atoms with Crippen LogP contribution < -0.4 is 10.1 Å². The predicted octanol–water partition coefficient (Wildman–Crippen LogP) is 2.60. The average Bonchev–Trinajstić information content (AvgIpc) is 2.96. The maximum absolute atomic E-state index is 12.9. The molecule has 7 heteroatoms. The number of urea groups is 1. The summed E-state index contributed by atoms with van der Waals surface area (Å²) < 4.78 is 5.32. The first-order valence-corrected chi connectivity index (χ1v) is 9.88. The summed E-state index contributed by atoms with van der Waals surface area (Å²) in [4.78, 5) is 40.5. The largest absolute Gasteiger partial charge is 0.496 e. The highest BCUT2D eigenvalue weighted by Gasteiger charge is 2.48. The number of benzene rings is 2. The van der Waals surface area contributed by atoms with Crippen molar-refractivity contribution in [3.8, 4) is 5.75 Å². The van der Waals surface area contributed by atoms with Crippen LogP contribution in [-0.4, -0.2) is 53.9 Å². The minimum Gasteiger partial charge on any atom is -0.496 e. The number of nitrogens with one attached hydrogen (secondary N) is 1. The van der Waals surface area contributed by atoms with Crippen LogP contribution in [0.4, 0.5) is 4.79 Å². The predicted molar refractivity (Wildman–Crippen MR) is 113 cm³/mol. The van der Waals surface area contributed by atoms with Crippen LogP contribution in [0.15, 0.2) is 54.6 Å². The summed E-state index contributed by atoms with van der Waals surface area (Å²) in [5.74, 6) is -0.0141. The third-order valence-electron chi connectivity index (χ3n) is 5.42. The third kappa shape index (κ3) is 4.62. The van der Waals surface area contributed by atoms with Crippen molar-refractivity contribution in [3.05, 3.63) is 65.7 Å². The van der Waals surface area contributed by atoms with Crippen molar-refractivity contribution in [2.24, 2.45) is 0 Å². The maximum atomic E-state index is 12.9. The number of para-hydroxylation sites is 1. The van der Waals surface area contributed by atoms with Gasteiger partial charge in [0.2, 0.25) is 5.91 Å². The van der Waals surface area contributed by atoms with Crippen LogP contribution in [0.5, 0.6) is 5.75 Å². The molecule has 4 amide bonds. The van der Waals surface area contributed by atoms with E-state index in [1.54, 1.807) is 21.1 Å². The fourth-order valence-electron chi connectivity index (χ4n) is 3.53. The Hall–Kier alpha value is -3.35. The molecule has 1 saturated heterocycles. The topological polar surface area (TPSA) is 79.0 Å². The molecule has 1 N–H and O–H groups in total. The Morgan fingerprint density at radius 3 is 2.47 bits per heavy atom. The zero-order chi connectivity index (χ0) is 21.7. The lowest BCUT2D eigenvalue weighted by Crippen LogP contribution is -2.45.